The highest BCUT2D eigenvalue weighted by Crippen LogP contribution is 2.33. The number of amides is 3. The molecule has 176 valence electrons. The first-order valence-electron chi connectivity index (χ1n) is 11.1. The predicted molar refractivity (Wildman–Crippen MR) is 129 cm³/mol. The summed E-state index contributed by atoms with van der Waals surface area (Å²) < 4.78 is 6.09. The van der Waals surface area contributed by atoms with Crippen molar-refractivity contribution >= 4 is 56.6 Å². The first kappa shape index (κ1) is 23.3. The second kappa shape index (κ2) is 9.17. The van der Waals surface area contributed by atoms with Crippen molar-refractivity contribution in [2.24, 2.45) is 11.0 Å². The standard InChI is InChI=1S/C23H28BrN5O4/c1-23(2,3)33-22(32)28-18(12-7-5-4-6-8-12)21(31)26-13-9-14-17-15(11-25-29-20(14)30)19(24)27-16(17)10-13/h9-12,18,27H,4-8H2,1-3H3,(H,26,31)(H,28,32)(H,29,30)/t18-/m1/s1. The van der Waals surface area contributed by atoms with Crippen molar-refractivity contribution in [3.63, 3.8) is 0 Å². The molecule has 10 heteroatoms. The van der Waals surface area contributed by atoms with Crippen LogP contribution >= 0.6 is 15.9 Å². The van der Waals surface area contributed by atoms with Gasteiger partial charge in [0.1, 0.15) is 11.6 Å². The highest BCUT2D eigenvalue weighted by molar-refractivity contribution is 9.10. The number of carbonyl (C=O) groups is 3. The Bertz CT molecular complexity index is 1130. The van der Waals surface area contributed by atoms with Gasteiger partial charge >= 0.3 is 6.09 Å². The number of alkyl carbamates (subject to hydrolysis) is 1. The zero-order valence-corrected chi connectivity index (χ0v) is 20.5. The van der Waals surface area contributed by atoms with Gasteiger partial charge in [-0.15, -0.1) is 0 Å². The van der Waals surface area contributed by atoms with Crippen LogP contribution in [0.15, 0.2) is 21.8 Å². The summed E-state index contributed by atoms with van der Waals surface area (Å²) in [6, 6.07) is 2.65. The molecule has 3 amide bonds. The zero-order chi connectivity index (χ0) is 23.8. The maximum Gasteiger partial charge on any atom is 0.408 e. The minimum atomic E-state index is -0.738. The summed E-state index contributed by atoms with van der Waals surface area (Å²) in [4.78, 5) is 41.6. The molecule has 2 aliphatic rings. The van der Waals surface area contributed by atoms with Crippen LogP contribution in [0.1, 0.15) is 68.8 Å². The molecule has 1 aliphatic heterocycles. The van der Waals surface area contributed by atoms with E-state index in [1.54, 1.807) is 39.1 Å². The molecular formula is C23H28BrN5O4. The van der Waals surface area contributed by atoms with Gasteiger partial charge in [0.15, 0.2) is 0 Å². The Kier molecular flexibility index (Phi) is 6.47. The van der Waals surface area contributed by atoms with Crippen LogP contribution in [-0.4, -0.2) is 40.7 Å². The Labute approximate surface area is 200 Å². The molecule has 1 aromatic carbocycles. The number of hydrogen-bond donors (Lipinski definition) is 4. The molecule has 4 rings (SSSR count). The fraction of sp³-hybridized carbons (Fsp3) is 0.478. The zero-order valence-electron chi connectivity index (χ0n) is 18.9. The summed E-state index contributed by atoms with van der Waals surface area (Å²) in [6.07, 6.45) is 5.80. The van der Waals surface area contributed by atoms with Crippen LogP contribution in [-0.2, 0) is 9.53 Å². The Hall–Kier alpha value is -2.88. The van der Waals surface area contributed by atoms with E-state index >= 15 is 0 Å². The lowest BCUT2D eigenvalue weighted by atomic mass is 9.83. The Balaban J connectivity index is 1.61. The number of halogens is 1. The topological polar surface area (TPSA) is 125 Å². The molecule has 2 heterocycles. The number of aromatic amines is 1. The van der Waals surface area contributed by atoms with Crippen molar-refractivity contribution in [2.45, 2.75) is 64.5 Å². The average Bonchev–Trinajstić information content (AvgIpc) is 2.94. The monoisotopic (exact) mass is 517 g/mol. The highest BCUT2D eigenvalue weighted by atomic mass is 79.9. The van der Waals surface area contributed by atoms with Crippen LogP contribution in [0.25, 0.3) is 10.9 Å². The lowest BCUT2D eigenvalue weighted by Crippen LogP contribution is -2.50. The summed E-state index contributed by atoms with van der Waals surface area (Å²) in [7, 11) is 0. The molecule has 0 radical (unpaired) electrons. The van der Waals surface area contributed by atoms with Gasteiger partial charge in [-0.3, -0.25) is 9.59 Å². The first-order valence-corrected chi connectivity index (χ1v) is 11.9. The van der Waals surface area contributed by atoms with Crippen molar-refractivity contribution in [3.05, 3.63) is 27.9 Å². The number of hydrogen-bond acceptors (Lipinski definition) is 5. The lowest BCUT2D eigenvalue weighted by molar-refractivity contribution is -0.119. The van der Waals surface area contributed by atoms with Crippen molar-refractivity contribution < 1.29 is 19.1 Å². The van der Waals surface area contributed by atoms with Gasteiger partial charge in [0.05, 0.1) is 16.4 Å². The Morgan fingerprint density at radius 2 is 1.94 bits per heavy atom. The summed E-state index contributed by atoms with van der Waals surface area (Å²) >= 11 is 3.46. The summed E-state index contributed by atoms with van der Waals surface area (Å²) in [6.45, 7) is 5.34. The van der Waals surface area contributed by atoms with E-state index in [9.17, 15) is 14.4 Å². The normalized spacial score (nSPS) is 17.3. The van der Waals surface area contributed by atoms with Gasteiger partial charge in [0.25, 0.3) is 5.91 Å². The largest absolute Gasteiger partial charge is 0.444 e. The number of benzene rings is 1. The van der Waals surface area contributed by atoms with Crippen LogP contribution in [0, 0.1) is 5.92 Å². The number of carbonyl (C=O) groups excluding carboxylic acids is 3. The van der Waals surface area contributed by atoms with Gasteiger partial charge < -0.3 is 20.4 Å². The molecule has 1 aliphatic carbocycles. The van der Waals surface area contributed by atoms with Crippen LogP contribution in [0.2, 0.25) is 0 Å². The molecular weight excluding hydrogens is 490 g/mol. The fourth-order valence-electron chi connectivity index (χ4n) is 4.43. The third-order valence-corrected chi connectivity index (χ3v) is 6.46. The van der Waals surface area contributed by atoms with E-state index in [1.165, 1.54) is 0 Å². The second-order valence-corrected chi connectivity index (χ2v) is 10.3. The average molecular weight is 518 g/mol. The van der Waals surface area contributed by atoms with Crippen molar-refractivity contribution in [2.75, 3.05) is 5.32 Å². The van der Waals surface area contributed by atoms with E-state index in [4.69, 9.17) is 4.74 Å². The first-order chi connectivity index (χ1) is 15.6. The molecule has 0 saturated heterocycles. The van der Waals surface area contributed by atoms with Gasteiger partial charge in [0.2, 0.25) is 5.91 Å². The minimum Gasteiger partial charge on any atom is -0.444 e. The highest BCUT2D eigenvalue weighted by Gasteiger charge is 2.33. The van der Waals surface area contributed by atoms with Gasteiger partial charge in [-0.1, -0.05) is 19.3 Å². The minimum absolute atomic E-state index is 0.0134. The van der Waals surface area contributed by atoms with Crippen LogP contribution < -0.4 is 16.1 Å². The molecule has 33 heavy (non-hydrogen) atoms. The molecule has 1 atom stereocenters. The number of H-pyrrole nitrogens is 1. The van der Waals surface area contributed by atoms with E-state index in [-0.39, 0.29) is 17.7 Å². The molecule has 4 N–H and O–H groups in total. The van der Waals surface area contributed by atoms with E-state index in [0.29, 0.717) is 26.8 Å². The summed E-state index contributed by atoms with van der Waals surface area (Å²) in [5.74, 6) is -0.691. The molecule has 2 aromatic rings. The van der Waals surface area contributed by atoms with Crippen molar-refractivity contribution in [3.8, 4) is 0 Å². The third kappa shape index (κ3) is 5.21. The van der Waals surface area contributed by atoms with Gasteiger partial charge in [-0.2, -0.15) is 5.10 Å². The quantitative estimate of drug-likeness (QED) is 0.478. The molecule has 0 unspecified atom stereocenters. The fourth-order valence-corrected chi connectivity index (χ4v) is 4.95. The molecule has 1 aromatic heterocycles. The number of anilines is 1. The third-order valence-electron chi connectivity index (χ3n) is 5.84. The maximum absolute atomic E-state index is 13.4. The predicted octanol–water partition coefficient (Wildman–Crippen LogP) is 4.42. The number of nitrogens with one attached hydrogen (secondary N) is 4. The van der Waals surface area contributed by atoms with Gasteiger partial charge in [-0.25, -0.2) is 10.2 Å². The molecule has 1 fully saturated rings. The maximum atomic E-state index is 13.4. The molecule has 0 spiro atoms. The van der Waals surface area contributed by atoms with E-state index in [2.05, 4.69) is 42.1 Å². The van der Waals surface area contributed by atoms with Crippen molar-refractivity contribution in [1.29, 1.82) is 0 Å². The smallest absolute Gasteiger partial charge is 0.408 e. The van der Waals surface area contributed by atoms with Crippen molar-refractivity contribution in [1.82, 2.24) is 15.7 Å². The lowest BCUT2D eigenvalue weighted by Gasteiger charge is -2.31. The van der Waals surface area contributed by atoms with Gasteiger partial charge in [-0.05, 0) is 67.6 Å². The Morgan fingerprint density at radius 1 is 1.21 bits per heavy atom. The Morgan fingerprint density at radius 3 is 2.64 bits per heavy atom. The molecule has 1 saturated carbocycles. The second-order valence-electron chi connectivity index (χ2n) is 9.51. The molecule has 0 bridgehead atoms. The number of nitrogens with zero attached hydrogens (tertiary/aromatic N) is 1. The van der Waals surface area contributed by atoms with Crippen LogP contribution in [0.5, 0.6) is 0 Å². The number of ether oxygens (including phenoxy) is 1. The molecule has 9 nitrogen and oxygen atoms in total. The van der Waals surface area contributed by atoms with Crippen LogP contribution in [0.3, 0.4) is 0 Å². The van der Waals surface area contributed by atoms with Gasteiger partial charge in [0, 0.05) is 22.2 Å². The van der Waals surface area contributed by atoms with E-state index in [1.807, 2.05) is 0 Å². The van der Waals surface area contributed by atoms with E-state index in [0.717, 1.165) is 37.7 Å². The number of aromatic nitrogens is 1. The summed E-state index contributed by atoms with van der Waals surface area (Å²) in [5, 5.41) is 10.3. The number of hydrazone groups is 1. The van der Waals surface area contributed by atoms with Crippen LogP contribution in [0.4, 0.5) is 10.5 Å². The SMILES string of the molecule is CC(C)(C)OC(=O)N[C@@H](C(=O)Nc1cc2c3c(c(Br)[nH]c3c1)C=NNC2=O)C1CCCCC1. The number of rotatable bonds is 4. The summed E-state index contributed by atoms with van der Waals surface area (Å²) in [5.41, 5.74) is 4.09. The van der Waals surface area contributed by atoms with E-state index < -0.39 is 17.7 Å².